The Morgan fingerprint density at radius 3 is 2.50 bits per heavy atom. The number of nitrogens with one attached hydrogen (secondary N) is 1. The summed E-state index contributed by atoms with van der Waals surface area (Å²) in [4.78, 5) is 11.4. The van der Waals surface area contributed by atoms with Crippen LogP contribution in [0.4, 0.5) is 4.79 Å². The Morgan fingerprint density at radius 1 is 1.44 bits per heavy atom. The first kappa shape index (κ1) is 14.5. The third kappa shape index (κ3) is 7.85. The van der Waals surface area contributed by atoms with Crippen LogP contribution < -0.4 is 5.32 Å². The van der Waals surface area contributed by atoms with Crippen molar-refractivity contribution < 1.29 is 9.53 Å². The van der Waals surface area contributed by atoms with Crippen LogP contribution in [0, 0.1) is 0 Å². The second-order valence-corrected chi connectivity index (χ2v) is 4.29. The van der Waals surface area contributed by atoms with Crippen molar-refractivity contribution in [3.8, 4) is 0 Å². The van der Waals surface area contributed by atoms with Gasteiger partial charge in [0.05, 0.1) is 0 Å². The molecule has 0 aromatic heterocycles. The molecule has 0 radical (unpaired) electrons. The zero-order valence-electron chi connectivity index (χ0n) is 10.5. The van der Waals surface area contributed by atoms with Crippen molar-refractivity contribution in [3.05, 3.63) is 36.6 Å². The van der Waals surface area contributed by atoms with Crippen LogP contribution in [0.1, 0.15) is 34.1 Å². The maximum atomic E-state index is 11.4. The maximum absolute atomic E-state index is 11.4. The van der Waals surface area contributed by atoms with Gasteiger partial charge in [-0.25, -0.2) is 4.79 Å². The Morgan fingerprint density at radius 2 is 2.06 bits per heavy atom. The molecule has 0 fully saturated rings. The van der Waals surface area contributed by atoms with E-state index in [0.29, 0.717) is 5.70 Å². The topological polar surface area (TPSA) is 38.3 Å². The SMILES string of the molecule is C=CC(=CC=CCC)NC(=O)OC(C)(C)C. The Kier molecular flexibility index (Phi) is 6.23. The Bertz CT molecular complexity index is 296. The molecule has 0 heterocycles. The van der Waals surface area contributed by atoms with E-state index in [1.165, 1.54) is 0 Å². The van der Waals surface area contributed by atoms with Gasteiger partial charge in [-0.1, -0.05) is 25.7 Å². The number of hydrogen-bond acceptors (Lipinski definition) is 2. The Hall–Kier alpha value is -1.51. The van der Waals surface area contributed by atoms with E-state index in [1.807, 2.05) is 39.8 Å². The Balaban J connectivity index is 4.33. The van der Waals surface area contributed by atoms with E-state index in [1.54, 1.807) is 12.2 Å². The fourth-order valence-electron chi connectivity index (χ4n) is 0.890. The van der Waals surface area contributed by atoms with Gasteiger partial charge in [0, 0.05) is 5.70 Å². The van der Waals surface area contributed by atoms with Crippen LogP contribution in [0.15, 0.2) is 36.6 Å². The molecule has 1 N–H and O–H groups in total. The number of rotatable bonds is 4. The first-order valence-electron chi connectivity index (χ1n) is 5.38. The molecule has 16 heavy (non-hydrogen) atoms. The van der Waals surface area contributed by atoms with E-state index in [4.69, 9.17) is 4.74 Å². The highest BCUT2D eigenvalue weighted by Gasteiger charge is 2.15. The van der Waals surface area contributed by atoms with Crippen LogP contribution in [0.2, 0.25) is 0 Å². The highest BCUT2D eigenvalue weighted by molar-refractivity contribution is 5.70. The van der Waals surface area contributed by atoms with Gasteiger partial charge in [-0.3, -0.25) is 5.32 Å². The summed E-state index contributed by atoms with van der Waals surface area (Å²) in [6.45, 7) is 11.1. The van der Waals surface area contributed by atoms with Gasteiger partial charge in [0.25, 0.3) is 0 Å². The summed E-state index contributed by atoms with van der Waals surface area (Å²) in [5, 5.41) is 2.61. The number of ether oxygens (including phenoxy) is 1. The maximum Gasteiger partial charge on any atom is 0.412 e. The summed E-state index contributed by atoms with van der Waals surface area (Å²) in [5.41, 5.74) is 0.134. The lowest BCUT2D eigenvalue weighted by Crippen LogP contribution is -2.31. The van der Waals surface area contributed by atoms with Gasteiger partial charge in [-0.15, -0.1) is 0 Å². The molecule has 0 spiro atoms. The zero-order chi connectivity index (χ0) is 12.6. The van der Waals surface area contributed by atoms with Crippen LogP contribution >= 0.6 is 0 Å². The van der Waals surface area contributed by atoms with Crippen molar-refractivity contribution in [2.45, 2.75) is 39.7 Å². The first-order valence-corrected chi connectivity index (χ1v) is 5.38. The molecule has 0 aliphatic rings. The van der Waals surface area contributed by atoms with E-state index >= 15 is 0 Å². The molecule has 90 valence electrons. The summed E-state index contributed by atoms with van der Waals surface area (Å²) in [6, 6.07) is 0. The molecule has 0 saturated carbocycles. The van der Waals surface area contributed by atoms with Gasteiger partial charge in [-0.05, 0) is 39.3 Å². The predicted octanol–water partition coefficient (Wildman–Crippen LogP) is 3.55. The van der Waals surface area contributed by atoms with Crippen molar-refractivity contribution in [1.29, 1.82) is 0 Å². The standard InChI is InChI=1S/C13H21NO2/c1-6-8-9-10-11(7-2)14-12(15)16-13(3,4)5/h7-10H,2,6H2,1,3-5H3,(H,14,15). The lowest BCUT2D eigenvalue weighted by atomic mass is 10.2. The molecular weight excluding hydrogens is 202 g/mol. The number of carbonyl (C=O) groups excluding carboxylic acids is 1. The zero-order valence-corrected chi connectivity index (χ0v) is 10.5. The van der Waals surface area contributed by atoms with E-state index < -0.39 is 11.7 Å². The molecule has 3 nitrogen and oxygen atoms in total. The quantitative estimate of drug-likeness (QED) is 0.740. The minimum atomic E-state index is -0.490. The molecule has 0 saturated heterocycles. The highest BCUT2D eigenvalue weighted by atomic mass is 16.6. The van der Waals surface area contributed by atoms with Crippen LogP contribution in [0.5, 0.6) is 0 Å². The fourth-order valence-corrected chi connectivity index (χ4v) is 0.890. The summed E-state index contributed by atoms with van der Waals surface area (Å²) in [7, 11) is 0. The van der Waals surface area contributed by atoms with Crippen LogP contribution in [0.3, 0.4) is 0 Å². The second-order valence-electron chi connectivity index (χ2n) is 4.29. The highest BCUT2D eigenvalue weighted by Crippen LogP contribution is 2.07. The van der Waals surface area contributed by atoms with Crippen molar-refractivity contribution in [2.75, 3.05) is 0 Å². The van der Waals surface area contributed by atoms with E-state index in [-0.39, 0.29) is 0 Å². The fraction of sp³-hybridized carbons (Fsp3) is 0.462. The monoisotopic (exact) mass is 223 g/mol. The molecule has 1 amide bonds. The third-order valence-corrected chi connectivity index (χ3v) is 1.51. The van der Waals surface area contributed by atoms with Crippen LogP contribution in [-0.4, -0.2) is 11.7 Å². The van der Waals surface area contributed by atoms with Crippen molar-refractivity contribution in [2.24, 2.45) is 0 Å². The molecule has 0 rings (SSSR count). The van der Waals surface area contributed by atoms with E-state index in [9.17, 15) is 4.79 Å². The van der Waals surface area contributed by atoms with Gasteiger partial charge >= 0.3 is 6.09 Å². The van der Waals surface area contributed by atoms with Crippen LogP contribution in [0.25, 0.3) is 0 Å². The largest absolute Gasteiger partial charge is 0.444 e. The summed E-state index contributed by atoms with van der Waals surface area (Å²) in [5.74, 6) is 0. The average Bonchev–Trinajstić information content (AvgIpc) is 2.13. The molecule has 0 bridgehead atoms. The van der Waals surface area contributed by atoms with Gasteiger partial charge < -0.3 is 4.74 Å². The molecule has 3 heteroatoms. The molecule has 0 aliphatic heterocycles. The molecule has 0 atom stereocenters. The third-order valence-electron chi connectivity index (χ3n) is 1.51. The minimum Gasteiger partial charge on any atom is -0.444 e. The molecule has 0 aliphatic carbocycles. The molecule has 0 aromatic carbocycles. The van der Waals surface area contributed by atoms with Crippen molar-refractivity contribution in [3.63, 3.8) is 0 Å². The average molecular weight is 223 g/mol. The lowest BCUT2D eigenvalue weighted by molar-refractivity contribution is 0.0548. The van der Waals surface area contributed by atoms with Gasteiger partial charge in [0.15, 0.2) is 0 Å². The summed E-state index contributed by atoms with van der Waals surface area (Å²) in [6.07, 6.45) is 7.69. The van der Waals surface area contributed by atoms with Crippen molar-refractivity contribution >= 4 is 6.09 Å². The predicted molar refractivity (Wildman–Crippen MR) is 67.1 cm³/mol. The Labute approximate surface area is 97.9 Å². The smallest absolute Gasteiger partial charge is 0.412 e. The number of allylic oxidation sites excluding steroid dienone is 4. The number of hydrogen-bond donors (Lipinski definition) is 1. The molecule has 0 aromatic rings. The van der Waals surface area contributed by atoms with E-state index in [0.717, 1.165) is 6.42 Å². The van der Waals surface area contributed by atoms with E-state index in [2.05, 4.69) is 11.9 Å². The van der Waals surface area contributed by atoms with Crippen molar-refractivity contribution in [1.82, 2.24) is 5.32 Å². The number of alkyl carbamates (subject to hydrolysis) is 1. The number of carbonyl (C=O) groups is 1. The molecule has 0 unspecified atom stereocenters. The normalized spacial score (nSPS) is 12.6. The second kappa shape index (κ2) is 6.88. The lowest BCUT2D eigenvalue weighted by Gasteiger charge is -2.19. The molecular formula is C13H21NO2. The minimum absolute atomic E-state index is 0.469. The van der Waals surface area contributed by atoms with Gasteiger partial charge in [0.1, 0.15) is 5.60 Å². The number of amides is 1. The van der Waals surface area contributed by atoms with Crippen LogP contribution in [-0.2, 0) is 4.74 Å². The summed E-state index contributed by atoms with van der Waals surface area (Å²) < 4.78 is 5.11. The first-order chi connectivity index (χ1) is 7.39. The summed E-state index contributed by atoms with van der Waals surface area (Å²) >= 11 is 0. The van der Waals surface area contributed by atoms with Gasteiger partial charge in [-0.2, -0.15) is 0 Å². The van der Waals surface area contributed by atoms with Gasteiger partial charge in [0.2, 0.25) is 0 Å².